The van der Waals surface area contributed by atoms with Gasteiger partial charge in [0, 0.05) is 19.2 Å². The lowest BCUT2D eigenvalue weighted by molar-refractivity contribution is -0.137. The van der Waals surface area contributed by atoms with Gasteiger partial charge in [-0.3, -0.25) is 9.59 Å². The van der Waals surface area contributed by atoms with Crippen LogP contribution in [0.25, 0.3) is 0 Å². The number of nitrogens with one attached hydrogen (secondary N) is 3. The van der Waals surface area contributed by atoms with Gasteiger partial charge in [0.2, 0.25) is 15.9 Å². The summed E-state index contributed by atoms with van der Waals surface area (Å²) >= 11 is 0. The summed E-state index contributed by atoms with van der Waals surface area (Å²) in [7, 11) is -3.89. The average molecular weight is 431 g/mol. The third-order valence-electron chi connectivity index (χ3n) is 4.02. The molecule has 0 saturated heterocycles. The number of rotatable bonds is 6. The first-order valence-electron chi connectivity index (χ1n) is 8.48. The average Bonchev–Trinajstić information content (AvgIpc) is 2.54. The summed E-state index contributed by atoms with van der Waals surface area (Å²) in [6, 6.07) is 3.95. The second-order valence-corrected chi connectivity index (χ2v) is 8.26. The summed E-state index contributed by atoms with van der Waals surface area (Å²) in [5.41, 5.74) is -0.594. The van der Waals surface area contributed by atoms with Crippen LogP contribution in [0.5, 0.6) is 0 Å². The number of pyridine rings is 1. The van der Waals surface area contributed by atoms with E-state index in [4.69, 9.17) is 0 Å². The van der Waals surface area contributed by atoms with Gasteiger partial charge in [-0.1, -0.05) is 17.7 Å². The van der Waals surface area contributed by atoms with Crippen LogP contribution in [0.3, 0.4) is 0 Å². The first-order valence-corrected chi connectivity index (χ1v) is 9.97. The second kappa shape index (κ2) is 8.37. The molecular weight excluding hydrogens is 411 g/mol. The molecule has 1 heterocycles. The minimum Gasteiger partial charge on any atom is -0.327 e. The Hall–Kier alpha value is -2.66. The highest BCUT2D eigenvalue weighted by molar-refractivity contribution is 7.89. The zero-order valence-electron chi connectivity index (χ0n) is 15.9. The highest BCUT2D eigenvalue weighted by Crippen LogP contribution is 2.29. The van der Waals surface area contributed by atoms with Crippen molar-refractivity contribution in [3.8, 4) is 0 Å². The number of carbonyl (C=O) groups excluding carboxylic acids is 1. The Morgan fingerprint density at radius 3 is 2.24 bits per heavy atom. The third kappa shape index (κ3) is 5.67. The fourth-order valence-corrected chi connectivity index (χ4v) is 4.40. The van der Waals surface area contributed by atoms with Crippen LogP contribution >= 0.6 is 0 Å². The maximum Gasteiger partial charge on any atom is 0.417 e. The van der Waals surface area contributed by atoms with Crippen LogP contribution in [-0.2, 0) is 21.0 Å². The summed E-state index contributed by atoms with van der Waals surface area (Å²) in [5, 5.41) is 2.06. The molecule has 1 aromatic heterocycles. The number of hydrogen-bond donors (Lipinski definition) is 3. The molecule has 0 bridgehead atoms. The van der Waals surface area contributed by atoms with E-state index >= 15 is 0 Å². The number of H-pyrrole nitrogens is 1. The van der Waals surface area contributed by atoms with Crippen molar-refractivity contribution in [2.24, 2.45) is 0 Å². The van der Waals surface area contributed by atoms with Crippen LogP contribution in [0.1, 0.15) is 28.7 Å². The number of alkyl halides is 3. The molecule has 158 valence electrons. The van der Waals surface area contributed by atoms with Gasteiger partial charge in [-0.25, -0.2) is 13.1 Å². The number of aromatic amines is 1. The molecule has 0 atom stereocenters. The molecule has 1 amide bonds. The second-order valence-electron chi connectivity index (χ2n) is 6.55. The van der Waals surface area contributed by atoms with Gasteiger partial charge in [0.1, 0.15) is 5.69 Å². The van der Waals surface area contributed by atoms with Gasteiger partial charge in [0.25, 0.3) is 5.56 Å². The lowest BCUT2D eigenvalue weighted by atomic mass is 10.1. The van der Waals surface area contributed by atoms with E-state index in [0.717, 1.165) is 5.56 Å². The number of halogens is 3. The predicted molar refractivity (Wildman–Crippen MR) is 101 cm³/mol. The van der Waals surface area contributed by atoms with Gasteiger partial charge in [0.15, 0.2) is 0 Å². The highest BCUT2D eigenvalue weighted by Gasteiger charge is 2.31. The molecule has 0 saturated carbocycles. The van der Waals surface area contributed by atoms with Crippen molar-refractivity contribution in [3.63, 3.8) is 0 Å². The van der Waals surface area contributed by atoms with E-state index in [-0.39, 0.29) is 17.9 Å². The summed E-state index contributed by atoms with van der Waals surface area (Å²) < 4.78 is 65.4. The topological polar surface area (TPSA) is 108 Å². The molecular formula is C18H20F3N3O4S. The van der Waals surface area contributed by atoms with Crippen molar-refractivity contribution in [1.82, 2.24) is 9.71 Å². The van der Waals surface area contributed by atoms with Crippen molar-refractivity contribution < 1.29 is 26.4 Å². The minimum atomic E-state index is -4.69. The number of carbonyl (C=O) groups is 1. The molecule has 1 aromatic carbocycles. The lowest BCUT2D eigenvalue weighted by Gasteiger charge is -2.13. The van der Waals surface area contributed by atoms with Crippen LogP contribution < -0.4 is 15.6 Å². The Morgan fingerprint density at radius 1 is 1.10 bits per heavy atom. The Labute approximate surface area is 165 Å². The van der Waals surface area contributed by atoms with Gasteiger partial charge in [-0.05, 0) is 38.0 Å². The van der Waals surface area contributed by atoms with Crippen molar-refractivity contribution in [2.75, 3.05) is 11.9 Å². The zero-order chi connectivity index (χ0) is 22.0. The monoisotopic (exact) mass is 431 g/mol. The number of anilines is 1. The quantitative estimate of drug-likeness (QED) is 0.653. The molecule has 3 N–H and O–H groups in total. The molecule has 7 nitrogen and oxygen atoms in total. The molecule has 2 aromatic rings. The fraction of sp³-hybridized carbons (Fsp3) is 0.333. The molecule has 0 aliphatic heterocycles. The van der Waals surface area contributed by atoms with Crippen LogP contribution in [0.4, 0.5) is 18.9 Å². The van der Waals surface area contributed by atoms with Gasteiger partial charge in [-0.2, -0.15) is 13.2 Å². The van der Waals surface area contributed by atoms with Crippen LogP contribution in [-0.4, -0.2) is 25.9 Å². The fourth-order valence-electron chi connectivity index (χ4n) is 2.91. The Bertz CT molecular complexity index is 1070. The van der Waals surface area contributed by atoms with Gasteiger partial charge >= 0.3 is 6.18 Å². The zero-order valence-corrected chi connectivity index (χ0v) is 16.7. The Balaban J connectivity index is 2.05. The van der Waals surface area contributed by atoms with E-state index in [1.807, 2.05) is 11.9 Å². The standard InChI is InChI=1S/C18H20F3N3O4S/c1-10-6-11(2)16(12(3)7-10)29(27,28)23-5-4-15(25)24-14-8-13(18(19,20)21)9-22-17(14)26/h6-9,23H,4-5H2,1-3H3,(H,22,26)(H,24,25). The van der Waals surface area contributed by atoms with Gasteiger partial charge in [0.05, 0.1) is 10.5 Å². The van der Waals surface area contributed by atoms with Crippen molar-refractivity contribution in [3.05, 3.63) is 57.0 Å². The Kier molecular flexibility index (Phi) is 6.53. The number of amides is 1. The van der Waals surface area contributed by atoms with E-state index in [9.17, 15) is 31.2 Å². The van der Waals surface area contributed by atoms with Crippen LogP contribution in [0.2, 0.25) is 0 Å². The van der Waals surface area contributed by atoms with Crippen LogP contribution in [0, 0.1) is 20.8 Å². The first-order chi connectivity index (χ1) is 13.3. The smallest absolute Gasteiger partial charge is 0.327 e. The predicted octanol–water partition coefficient (Wildman–Crippen LogP) is 2.63. The minimum absolute atomic E-state index is 0.109. The molecule has 0 unspecified atom stereocenters. The summed E-state index contributed by atoms with van der Waals surface area (Å²) in [6.45, 7) is 4.85. The van der Waals surface area contributed by atoms with E-state index in [1.165, 1.54) is 0 Å². The molecule has 2 rings (SSSR count). The number of benzene rings is 1. The number of aromatic nitrogens is 1. The highest BCUT2D eigenvalue weighted by atomic mass is 32.2. The molecule has 0 spiro atoms. The molecule has 0 aliphatic carbocycles. The lowest BCUT2D eigenvalue weighted by Crippen LogP contribution is -2.29. The van der Waals surface area contributed by atoms with E-state index in [1.54, 1.807) is 26.0 Å². The molecule has 29 heavy (non-hydrogen) atoms. The van der Waals surface area contributed by atoms with E-state index in [2.05, 4.69) is 10.0 Å². The van der Waals surface area contributed by atoms with Crippen LogP contribution in [0.15, 0.2) is 34.1 Å². The number of hydrogen-bond acceptors (Lipinski definition) is 4. The van der Waals surface area contributed by atoms with E-state index < -0.39 is 38.9 Å². The SMILES string of the molecule is Cc1cc(C)c(S(=O)(=O)NCCC(=O)Nc2cc(C(F)(F)F)c[nH]c2=O)c(C)c1. The van der Waals surface area contributed by atoms with Crippen molar-refractivity contribution in [2.45, 2.75) is 38.3 Å². The summed E-state index contributed by atoms with van der Waals surface area (Å²) in [5.74, 6) is -0.810. The Morgan fingerprint density at radius 2 is 1.69 bits per heavy atom. The first kappa shape index (κ1) is 22.6. The van der Waals surface area contributed by atoms with Crippen molar-refractivity contribution >= 4 is 21.6 Å². The molecule has 0 fully saturated rings. The summed E-state index contributed by atoms with van der Waals surface area (Å²) in [4.78, 5) is 25.6. The molecule has 0 radical (unpaired) electrons. The maximum atomic E-state index is 12.7. The van der Waals surface area contributed by atoms with Crippen molar-refractivity contribution in [1.29, 1.82) is 0 Å². The number of sulfonamides is 1. The molecule has 0 aliphatic rings. The van der Waals surface area contributed by atoms with E-state index in [0.29, 0.717) is 23.4 Å². The third-order valence-corrected chi connectivity index (χ3v) is 5.79. The normalized spacial score (nSPS) is 12.1. The molecule has 11 heteroatoms. The maximum absolute atomic E-state index is 12.7. The number of aryl methyl sites for hydroxylation is 3. The van der Waals surface area contributed by atoms with Gasteiger partial charge in [-0.15, -0.1) is 0 Å². The van der Waals surface area contributed by atoms with Gasteiger partial charge < -0.3 is 10.3 Å². The summed E-state index contributed by atoms with van der Waals surface area (Å²) in [6.07, 6.45) is -4.57. The largest absolute Gasteiger partial charge is 0.417 e.